The van der Waals surface area contributed by atoms with E-state index in [2.05, 4.69) is 69.5 Å². The Hall–Kier alpha value is -2.21. The fourth-order valence-electron chi connectivity index (χ4n) is 2.77. The maximum atomic E-state index is 4.14. The van der Waals surface area contributed by atoms with E-state index in [1.165, 1.54) is 16.0 Å². The van der Waals surface area contributed by atoms with E-state index in [1.54, 1.807) is 11.3 Å². The Morgan fingerprint density at radius 1 is 1.24 bits per heavy atom. The average Bonchev–Trinajstić information content (AvgIpc) is 3.18. The minimum atomic E-state index is 0.197. The van der Waals surface area contributed by atoms with Crippen LogP contribution in [0.15, 0.2) is 41.8 Å². The van der Waals surface area contributed by atoms with Crippen LogP contribution in [0.3, 0.4) is 0 Å². The third kappa shape index (κ3) is 2.21. The van der Waals surface area contributed by atoms with Crippen LogP contribution in [0.25, 0.3) is 0 Å². The zero-order chi connectivity index (χ0) is 14.2. The molecule has 0 amide bonds. The van der Waals surface area contributed by atoms with Crippen molar-refractivity contribution in [1.82, 2.24) is 20.2 Å². The van der Waals surface area contributed by atoms with E-state index in [0.29, 0.717) is 0 Å². The van der Waals surface area contributed by atoms with Crippen LogP contribution in [-0.4, -0.2) is 20.2 Å². The van der Waals surface area contributed by atoms with E-state index in [4.69, 9.17) is 0 Å². The number of thiophene rings is 1. The third-order valence-corrected chi connectivity index (χ3v) is 4.88. The molecule has 3 aromatic rings. The summed E-state index contributed by atoms with van der Waals surface area (Å²) in [5.74, 6) is 0.741. The van der Waals surface area contributed by atoms with Crippen molar-refractivity contribution in [2.24, 2.45) is 0 Å². The first-order valence-corrected chi connectivity index (χ1v) is 7.83. The van der Waals surface area contributed by atoms with Crippen LogP contribution in [0, 0.1) is 6.92 Å². The Bertz CT molecular complexity index is 732. The van der Waals surface area contributed by atoms with Crippen molar-refractivity contribution in [2.45, 2.75) is 25.4 Å². The highest BCUT2D eigenvalue weighted by Gasteiger charge is 2.30. The number of aryl methyl sites for hydroxylation is 1. The molecule has 2 atom stereocenters. The molecule has 1 aromatic carbocycles. The van der Waals surface area contributed by atoms with Gasteiger partial charge in [-0.15, -0.1) is 11.3 Å². The topological polar surface area (TPSA) is 55.6 Å². The summed E-state index contributed by atoms with van der Waals surface area (Å²) >= 11 is 1.75. The summed E-state index contributed by atoms with van der Waals surface area (Å²) in [7, 11) is 0. The number of nitrogens with one attached hydrogen (secondary N) is 1. The first kappa shape index (κ1) is 12.5. The molecule has 0 fully saturated rings. The fraction of sp³-hybridized carbons (Fsp3) is 0.267. The fourth-order valence-corrected chi connectivity index (χ4v) is 3.60. The van der Waals surface area contributed by atoms with Gasteiger partial charge in [0.1, 0.15) is 0 Å². The van der Waals surface area contributed by atoms with Crippen LogP contribution >= 0.6 is 11.3 Å². The number of hydrogen-bond donors (Lipinski definition) is 1. The van der Waals surface area contributed by atoms with Crippen LogP contribution in [0.1, 0.15) is 34.5 Å². The molecule has 1 aliphatic rings. The monoisotopic (exact) mass is 297 g/mol. The van der Waals surface area contributed by atoms with E-state index in [9.17, 15) is 0 Å². The Balaban J connectivity index is 1.72. The van der Waals surface area contributed by atoms with Gasteiger partial charge in [-0.1, -0.05) is 41.0 Å². The maximum absolute atomic E-state index is 4.14. The van der Waals surface area contributed by atoms with Crippen LogP contribution in [0.2, 0.25) is 0 Å². The number of benzene rings is 1. The molecular weight excluding hydrogens is 282 g/mol. The minimum Gasteiger partial charge on any atom is -0.346 e. The second-order valence-electron chi connectivity index (χ2n) is 5.32. The molecule has 4 rings (SSSR count). The van der Waals surface area contributed by atoms with Crippen molar-refractivity contribution in [2.75, 3.05) is 5.32 Å². The van der Waals surface area contributed by atoms with Gasteiger partial charge in [-0.25, -0.2) is 4.68 Å². The van der Waals surface area contributed by atoms with Crippen molar-refractivity contribution in [3.05, 3.63) is 57.8 Å². The molecular formula is C15H15N5S. The van der Waals surface area contributed by atoms with Crippen molar-refractivity contribution in [3.8, 4) is 0 Å². The van der Waals surface area contributed by atoms with Gasteiger partial charge in [0, 0.05) is 4.88 Å². The van der Waals surface area contributed by atoms with Crippen molar-refractivity contribution in [3.63, 3.8) is 0 Å². The van der Waals surface area contributed by atoms with Crippen molar-refractivity contribution < 1.29 is 0 Å². The van der Waals surface area contributed by atoms with Gasteiger partial charge in [0.05, 0.1) is 12.1 Å². The second-order valence-corrected chi connectivity index (χ2v) is 6.30. The van der Waals surface area contributed by atoms with Gasteiger partial charge in [-0.2, -0.15) is 0 Å². The SMILES string of the molecule is Cc1ccc([C@H]2C[C@@H](c3cccs3)n3nnnc3N2)cc1. The van der Waals surface area contributed by atoms with E-state index in [0.717, 1.165) is 12.4 Å². The zero-order valence-electron chi connectivity index (χ0n) is 11.6. The highest BCUT2D eigenvalue weighted by molar-refractivity contribution is 7.10. The largest absolute Gasteiger partial charge is 0.346 e. The highest BCUT2D eigenvalue weighted by Crippen LogP contribution is 2.38. The van der Waals surface area contributed by atoms with Gasteiger partial charge in [0.25, 0.3) is 0 Å². The Morgan fingerprint density at radius 3 is 2.86 bits per heavy atom. The molecule has 1 N–H and O–H groups in total. The minimum absolute atomic E-state index is 0.197. The average molecular weight is 297 g/mol. The molecule has 6 heteroatoms. The number of nitrogens with zero attached hydrogens (tertiary/aromatic N) is 4. The molecule has 0 aliphatic carbocycles. The molecule has 0 saturated heterocycles. The number of rotatable bonds is 2. The van der Waals surface area contributed by atoms with Crippen LogP contribution in [0.5, 0.6) is 0 Å². The lowest BCUT2D eigenvalue weighted by molar-refractivity contribution is 0.429. The van der Waals surface area contributed by atoms with Gasteiger partial charge in [-0.05, 0) is 40.8 Å². The summed E-state index contributed by atoms with van der Waals surface area (Å²) in [4.78, 5) is 1.29. The standard InChI is InChI=1S/C15H15N5S/c1-10-4-6-11(7-5-10)12-9-13(14-3-2-8-21-14)20-15(16-12)17-18-19-20/h2-8,12-13H,9H2,1H3,(H,16,17,19)/t12-,13+/m1/s1. The summed E-state index contributed by atoms with van der Waals surface area (Å²) in [5.41, 5.74) is 2.55. The van der Waals surface area contributed by atoms with Crippen molar-refractivity contribution in [1.29, 1.82) is 0 Å². The molecule has 3 heterocycles. The van der Waals surface area contributed by atoms with Gasteiger partial charge < -0.3 is 5.32 Å². The maximum Gasteiger partial charge on any atom is 0.244 e. The summed E-state index contributed by atoms with van der Waals surface area (Å²) in [6.45, 7) is 2.10. The van der Waals surface area contributed by atoms with Gasteiger partial charge in [0.15, 0.2) is 0 Å². The van der Waals surface area contributed by atoms with E-state index >= 15 is 0 Å². The van der Waals surface area contributed by atoms with Crippen LogP contribution in [0.4, 0.5) is 5.95 Å². The van der Waals surface area contributed by atoms with Crippen molar-refractivity contribution >= 4 is 17.3 Å². The molecule has 2 aromatic heterocycles. The lowest BCUT2D eigenvalue weighted by Gasteiger charge is -2.30. The number of anilines is 1. The van der Waals surface area contributed by atoms with Crippen LogP contribution in [-0.2, 0) is 0 Å². The lowest BCUT2D eigenvalue weighted by Crippen LogP contribution is -2.27. The predicted octanol–water partition coefficient (Wildman–Crippen LogP) is 3.19. The lowest BCUT2D eigenvalue weighted by atomic mass is 9.96. The second kappa shape index (κ2) is 4.96. The summed E-state index contributed by atoms with van der Waals surface area (Å²) < 4.78 is 1.89. The van der Waals surface area contributed by atoms with Gasteiger partial charge in [-0.3, -0.25) is 0 Å². The molecule has 0 radical (unpaired) electrons. The Labute approximate surface area is 126 Å². The van der Waals surface area contributed by atoms with E-state index in [1.807, 2.05) is 4.68 Å². The molecule has 106 valence electrons. The first-order chi connectivity index (χ1) is 10.3. The number of fused-ring (bicyclic) bond motifs is 1. The normalized spacial score (nSPS) is 20.8. The van der Waals surface area contributed by atoms with Gasteiger partial charge in [0.2, 0.25) is 5.95 Å². The number of hydrogen-bond acceptors (Lipinski definition) is 5. The summed E-state index contributed by atoms with van der Waals surface area (Å²) in [5, 5.41) is 17.6. The third-order valence-electron chi connectivity index (χ3n) is 3.90. The van der Waals surface area contributed by atoms with Gasteiger partial charge >= 0.3 is 0 Å². The molecule has 0 saturated carbocycles. The smallest absolute Gasteiger partial charge is 0.244 e. The summed E-state index contributed by atoms with van der Waals surface area (Å²) in [6.07, 6.45) is 0.946. The molecule has 21 heavy (non-hydrogen) atoms. The van der Waals surface area contributed by atoms with E-state index in [-0.39, 0.29) is 12.1 Å². The molecule has 5 nitrogen and oxygen atoms in total. The highest BCUT2D eigenvalue weighted by atomic mass is 32.1. The Kier molecular flexibility index (Phi) is 2.96. The Morgan fingerprint density at radius 2 is 2.10 bits per heavy atom. The molecule has 0 unspecified atom stereocenters. The predicted molar refractivity (Wildman–Crippen MR) is 82.4 cm³/mol. The summed E-state index contributed by atoms with van der Waals surface area (Å²) in [6, 6.07) is 13.3. The first-order valence-electron chi connectivity index (χ1n) is 6.95. The zero-order valence-corrected chi connectivity index (χ0v) is 12.4. The number of tetrazole rings is 1. The molecule has 1 aliphatic heterocycles. The molecule has 0 bridgehead atoms. The quantitative estimate of drug-likeness (QED) is 0.789. The van der Waals surface area contributed by atoms with E-state index < -0.39 is 0 Å². The number of aromatic nitrogens is 4. The molecule has 0 spiro atoms. The van der Waals surface area contributed by atoms with Crippen LogP contribution < -0.4 is 5.32 Å².